The second-order valence-corrected chi connectivity index (χ2v) is 9.08. The van der Waals surface area contributed by atoms with Crippen LogP contribution in [0.4, 0.5) is 5.69 Å². The molecule has 2 N–H and O–H groups in total. The minimum absolute atomic E-state index is 0.0687. The van der Waals surface area contributed by atoms with E-state index < -0.39 is 6.04 Å². The number of nitrogens with one attached hydrogen (secondary N) is 2. The predicted molar refractivity (Wildman–Crippen MR) is 141 cm³/mol. The standard InChI is InChI=1S/C29H32N4O3/c1-21-10-9-15-25(22(21)2)30-26(34)20-32-16-18-33(19-17-32)29(36)27(23-11-5-3-6-12-23)31-28(35)24-13-7-4-8-14-24/h3-15,27H,16-20H2,1-2H3,(H,30,34)(H,31,35). The lowest BCUT2D eigenvalue weighted by atomic mass is 10.0. The van der Waals surface area contributed by atoms with Gasteiger partial charge in [0.25, 0.3) is 5.91 Å². The second-order valence-electron chi connectivity index (χ2n) is 9.08. The minimum Gasteiger partial charge on any atom is -0.338 e. The maximum absolute atomic E-state index is 13.5. The summed E-state index contributed by atoms with van der Waals surface area (Å²) in [5.74, 6) is -0.509. The molecule has 0 aliphatic carbocycles. The molecule has 0 spiro atoms. The topological polar surface area (TPSA) is 81.8 Å². The first-order chi connectivity index (χ1) is 17.4. The molecule has 0 saturated carbocycles. The van der Waals surface area contributed by atoms with Gasteiger partial charge in [-0.3, -0.25) is 19.3 Å². The van der Waals surface area contributed by atoms with E-state index in [1.54, 1.807) is 29.2 Å². The molecule has 7 nitrogen and oxygen atoms in total. The number of aryl methyl sites for hydroxylation is 1. The molecule has 1 saturated heterocycles. The van der Waals surface area contributed by atoms with Gasteiger partial charge in [0, 0.05) is 37.4 Å². The van der Waals surface area contributed by atoms with E-state index in [2.05, 4.69) is 10.6 Å². The van der Waals surface area contributed by atoms with Crippen LogP contribution in [0, 0.1) is 13.8 Å². The van der Waals surface area contributed by atoms with Gasteiger partial charge in [-0.25, -0.2) is 0 Å². The summed E-state index contributed by atoms with van der Waals surface area (Å²) in [6, 6.07) is 23.3. The summed E-state index contributed by atoms with van der Waals surface area (Å²) in [7, 11) is 0. The van der Waals surface area contributed by atoms with Crippen molar-refractivity contribution in [1.82, 2.24) is 15.1 Å². The first kappa shape index (κ1) is 25.1. The zero-order chi connectivity index (χ0) is 25.5. The average Bonchev–Trinajstić information content (AvgIpc) is 2.91. The number of amides is 3. The van der Waals surface area contributed by atoms with E-state index in [1.165, 1.54) is 0 Å². The van der Waals surface area contributed by atoms with Crippen molar-refractivity contribution >= 4 is 23.4 Å². The Morgan fingerprint density at radius 3 is 2.11 bits per heavy atom. The molecule has 36 heavy (non-hydrogen) atoms. The Hall–Kier alpha value is -3.97. The molecule has 186 valence electrons. The quantitative estimate of drug-likeness (QED) is 0.537. The summed E-state index contributed by atoms with van der Waals surface area (Å²) in [5.41, 5.74) is 4.26. The van der Waals surface area contributed by atoms with Gasteiger partial charge in [0.15, 0.2) is 0 Å². The number of nitrogens with zero attached hydrogens (tertiary/aromatic N) is 2. The normalized spacial score (nSPS) is 14.7. The summed E-state index contributed by atoms with van der Waals surface area (Å²) in [5, 5.41) is 5.92. The van der Waals surface area contributed by atoms with E-state index in [0.717, 1.165) is 22.4 Å². The van der Waals surface area contributed by atoms with Gasteiger partial charge in [-0.15, -0.1) is 0 Å². The monoisotopic (exact) mass is 484 g/mol. The van der Waals surface area contributed by atoms with Crippen molar-refractivity contribution in [2.75, 3.05) is 38.0 Å². The number of carbonyl (C=O) groups is 3. The molecule has 1 aliphatic rings. The van der Waals surface area contributed by atoms with E-state index in [4.69, 9.17) is 0 Å². The van der Waals surface area contributed by atoms with E-state index in [1.807, 2.05) is 73.3 Å². The lowest BCUT2D eigenvalue weighted by molar-refractivity contribution is -0.135. The summed E-state index contributed by atoms with van der Waals surface area (Å²) in [6.07, 6.45) is 0. The van der Waals surface area contributed by atoms with E-state index in [0.29, 0.717) is 31.7 Å². The molecule has 3 aromatic rings. The third-order valence-electron chi connectivity index (χ3n) is 6.62. The Balaban J connectivity index is 1.36. The Bertz CT molecular complexity index is 1210. The number of hydrogen-bond acceptors (Lipinski definition) is 4. The van der Waals surface area contributed by atoms with Crippen molar-refractivity contribution in [3.8, 4) is 0 Å². The van der Waals surface area contributed by atoms with Crippen LogP contribution in [0.2, 0.25) is 0 Å². The highest BCUT2D eigenvalue weighted by atomic mass is 16.2. The Labute approximate surface area is 212 Å². The number of benzene rings is 3. The molecule has 0 aromatic heterocycles. The van der Waals surface area contributed by atoms with Crippen LogP contribution in [0.1, 0.15) is 33.1 Å². The van der Waals surface area contributed by atoms with Gasteiger partial charge in [-0.1, -0.05) is 60.7 Å². The fourth-order valence-electron chi connectivity index (χ4n) is 4.33. The smallest absolute Gasteiger partial charge is 0.252 e. The molecule has 0 bridgehead atoms. The van der Waals surface area contributed by atoms with E-state index in [-0.39, 0.29) is 24.3 Å². The Kier molecular flexibility index (Phi) is 8.13. The summed E-state index contributed by atoms with van der Waals surface area (Å²) >= 11 is 0. The Morgan fingerprint density at radius 2 is 1.44 bits per heavy atom. The number of carbonyl (C=O) groups excluding carboxylic acids is 3. The first-order valence-electron chi connectivity index (χ1n) is 12.2. The largest absolute Gasteiger partial charge is 0.338 e. The molecule has 1 atom stereocenters. The lowest BCUT2D eigenvalue weighted by Crippen LogP contribution is -2.53. The lowest BCUT2D eigenvalue weighted by Gasteiger charge is -2.36. The third kappa shape index (κ3) is 6.17. The van der Waals surface area contributed by atoms with Gasteiger partial charge in [0.2, 0.25) is 11.8 Å². The van der Waals surface area contributed by atoms with Crippen LogP contribution in [-0.2, 0) is 9.59 Å². The Morgan fingerprint density at radius 1 is 0.806 bits per heavy atom. The van der Waals surface area contributed by atoms with Gasteiger partial charge in [-0.05, 0) is 48.7 Å². The summed E-state index contributed by atoms with van der Waals surface area (Å²) in [4.78, 5) is 42.8. The van der Waals surface area contributed by atoms with Crippen molar-refractivity contribution < 1.29 is 14.4 Å². The van der Waals surface area contributed by atoms with Crippen molar-refractivity contribution in [3.63, 3.8) is 0 Å². The molecule has 4 rings (SSSR count). The molecular formula is C29H32N4O3. The highest BCUT2D eigenvalue weighted by Gasteiger charge is 2.30. The van der Waals surface area contributed by atoms with Crippen LogP contribution in [0.3, 0.4) is 0 Å². The first-order valence-corrected chi connectivity index (χ1v) is 12.2. The zero-order valence-electron chi connectivity index (χ0n) is 20.7. The van der Waals surface area contributed by atoms with Gasteiger partial charge in [0.1, 0.15) is 6.04 Å². The highest BCUT2D eigenvalue weighted by Crippen LogP contribution is 2.20. The minimum atomic E-state index is -0.780. The molecule has 1 aliphatic heterocycles. The SMILES string of the molecule is Cc1cccc(NC(=O)CN2CCN(C(=O)C(NC(=O)c3ccccc3)c3ccccc3)CC2)c1C. The van der Waals surface area contributed by atoms with Crippen LogP contribution in [0.25, 0.3) is 0 Å². The molecule has 3 amide bonds. The van der Waals surface area contributed by atoms with Crippen LogP contribution >= 0.6 is 0 Å². The predicted octanol–water partition coefficient (Wildman–Crippen LogP) is 3.56. The molecule has 7 heteroatoms. The average molecular weight is 485 g/mol. The van der Waals surface area contributed by atoms with Gasteiger partial charge in [0.05, 0.1) is 6.54 Å². The number of rotatable bonds is 7. The summed E-state index contributed by atoms with van der Waals surface area (Å²) < 4.78 is 0. The van der Waals surface area contributed by atoms with E-state index in [9.17, 15) is 14.4 Å². The number of piperazine rings is 1. The van der Waals surface area contributed by atoms with Crippen molar-refractivity contribution in [1.29, 1.82) is 0 Å². The maximum atomic E-state index is 13.5. The van der Waals surface area contributed by atoms with Crippen LogP contribution in [-0.4, -0.2) is 60.2 Å². The van der Waals surface area contributed by atoms with E-state index >= 15 is 0 Å². The fourth-order valence-corrected chi connectivity index (χ4v) is 4.33. The number of hydrogen-bond donors (Lipinski definition) is 2. The van der Waals surface area contributed by atoms with Gasteiger partial charge in [-0.2, -0.15) is 0 Å². The van der Waals surface area contributed by atoms with Crippen molar-refractivity contribution in [2.45, 2.75) is 19.9 Å². The molecule has 1 heterocycles. The van der Waals surface area contributed by atoms with Gasteiger partial charge < -0.3 is 15.5 Å². The third-order valence-corrected chi connectivity index (χ3v) is 6.62. The van der Waals surface area contributed by atoms with Crippen molar-refractivity contribution in [3.05, 3.63) is 101 Å². The number of anilines is 1. The summed E-state index contributed by atoms with van der Waals surface area (Å²) in [6.45, 7) is 6.42. The molecule has 1 fully saturated rings. The molecule has 3 aromatic carbocycles. The van der Waals surface area contributed by atoms with Crippen LogP contribution < -0.4 is 10.6 Å². The molecule has 0 radical (unpaired) electrons. The van der Waals surface area contributed by atoms with Crippen LogP contribution in [0.15, 0.2) is 78.9 Å². The highest BCUT2D eigenvalue weighted by molar-refractivity contribution is 5.98. The molecular weight excluding hydrogens is 452 g/mol. The maximum Gasteiger partial charge on any atom is 0.252 e. The zero-order valence-corrected chi connectivity index (χ0v) is 20.7. The van der Waals surface area contributed by atoms with Gasteiger partial charge >= 0.3 is 0 Å². The van der Waals surface area contributed by atoms with Crippen molar-refractivity contribution in [2.24, 2.45) is 0 Å². The van der Waals surface area contributed by atoms with Crippen LogP contribution in [0.5, 0.6) is 0 Å². The molecule has 1 unspecified atom stereocenters. The second kappa shape index (κ2) is 11.6. The fraction of sp³-hybridized carbons (Fsp3) is 0.276.